The predicted molar refractivity (Wildman–Crippen MR) is 79.3 cm³/mol. The van der Waals surface area contributed by atoms with E-state index >= 15 is 0 Å². The van der Waals surface area contributed by atoms with Gasteiger partial charge in [0.2, 0.25) is 0 Å². The van der Waals surface area contributed by atoms with Crippen LogP contribution in [0.3, 0.4) is 0 Å². The van der Waals surface area contributed by atoms with Crippen LogP contribution >= 0.6 is 11.3 Å². The normalized spacial score (nSPS) is 10.7. The van der Waals surface area contributed by atoms with Crippen LogP contribution in [-0.2, 0) is 6.42 Å². The van der Waals surface area contributed by atoms with Crippen molar-refractivity contribution in [1.82, 2.24) is 10.5 Å². The van der Waals surface area contributed by atoms with Gasteiger partial charge < -0.3 is 14.3 Å². The van der Waals surface area contributed by atoms with Crippen LogP contribution in [0, 0.1) is 6.92 Å². The molecule has 0 aliphatic carbocycles. The number of hydrogen-bond donors (Lipinski definition) is 1. The highest BCUT2D eigenvalue weighted by molar-refractivity contribution is 7.09. The van der Waals surface area contributed by atoms with E-state index in [1.807, 2.05) is 11.4 Å². The van der Waals surface area contributed by atoms with E-state index in [0.717, 1.165) is 6.42 Å². The number of hydrogen-bond acceptors (Lipinski definition) is 5. The smallest absolute Gasteiger partial charge is 0.257 e. The Bertz CT molecular complexity index is 714. The Morgan fingerprint density at radius 1 is 1.38 bits per heavy atom. The van der Waals surface area contributed by atoms with Gasteiger partial charge in [-0.1, -0.05) is 11.2 Å². The quantitative estimate of drug-likeness (QED) is 0.785. The second-order valence-electron chi connectivity index (χ2n) is 4.52. The van der Waals surface area contributed by atoms with Crippen molar-refractivity contribution in [2.45, 2.75) is 13.3 Å². The molecule has 0 aliphatic heterocycles. The molecule has 0 atom stereocenters. The largest absolute Gasteiger partial charge is 0.463 e. The van der Waals surface area contributed by atoms with E-state index in [-0.39, 0.29) is 5.91 Å². The molecular weight excluding hydrogens is 288 g/mol. The topological polar surface area (TPSA) is 68.3 Å². The number of furan rings is 1. The van der Waals surface area contributed by atoms with Crippen LogP contribution in [0.2, 0.25) is 0 Å². The second-order valence-corrected chi connectivity index (χ2v) is 5.56. The Morgan fingerprint density at radius 3 is 3.00 bits per heavy atom. The zero-order chi connectivity index (χ0) is 14.7. The van der Waals surface area contributed by atoms with Crippen molar-refractivity contribution >= 4 is 17.2 Å². The first-order valence-electron chi connectivity index (χ1n) is 6.56. The maximum Gasteiger partial charge on any atom is 0.257 e. The van der Waals surface area contributed by atoms with Crippen molar-refractivity contribution < 1.29 is 13.7 Å². The van der Waals surface area contributed by atoms with Crippen molar-refractivity contribution in [3.63, 3.8) is 0 Å². The summed E-state index contributed by atoms with van der Waals surface area (Å²) in [6.45, 7) is 2.29. The molecule has 3 aromatic rings. The number of aryl methyl sites for hydroxylation is 1. The van der Waals surface area contributed by atoms with E-state index in [0.29, 0.717) is 29.3 Å². The molecule has 3 rings (SSSR count). The highest BCUT2D eigenvalue weighted by Gasteiger charge is 2.22. The molecule has 3 aromatic heterocycles. The Hall–Kier alpha value is -2.34. The Balaban J connectivity index is 1.71. The maximum atomic E-state index is 12.3. The zero-order valence-corrected chi connectivity index (χ0v) is 12.3. The first kappa shape index (κ1) is 13.6. The average Bonchev–Trinajstić information content (AvgIpc) is 3.19. The summed E-state index contributed by atoms with van der Waals surface area (Å²) in [5.41, 5.74) is 0.863. The van der Waals surface area contributed by atoms with Gasteiger partial charge in [-0.05, 0) is 36.9 Å². The van der Waals surface area contributed by atoms with Gasteiger partial charge in [0.25, 0.3) is 5.91 Å². The predicted octanol–water partition coefficient (Wildman–Crippen LogP) is 3.28. The van der Waals surface area contributed by atoms with Gasteiger partial charge in [-0.15, -0.1) is 11.3 Å². The summed E-state index contributed by atoms with van der Waals surface area (Å²) in [5, 5.41) is 8.83. The van der Waals surface area contributed by atoms with E-state index in [4.69, 9.17) is 8.94 Å². The standard InChI is InChI=1S/C15H14N2O3S/c1-10-13(14(17-20-10)12-5-2-8-19-12)15(18)16-7-6-11-4-3-9-21-11/h2-5,8-9H,6-7H2,1H3,(H,16,18). The van der Waals surface area contributed by atoms with Crippen LogP contribution in [0.5, 0.6) is 0 Å². The molecular formula is C15H14N2O3S. The molecule has 0 fully saturated rings. The third-order valence-electron chi connectivity index (χ3n) is 3.08. The summed E-state index contributed by atoms with van der Waals surface area (Å²) in [6.07, 6.45) is 2.35. The van der Waals surface area contributed by atoms with Crippen molar-refractivity contribution in [3.8, 4) is 11.5 Å². The van der Waals surface area contributed by atoms with Gasteiger partial charge in [0.1, 0.15) is 11.3 Å². The summed E-state index contributed by atoms with van der Waals surface area (Å²) in [5.74, 6) is 0.807. The fourth-order valence-electron chi connectivity index (χ4n) is 2.06. The number of amides is 1. The minimum absolute atomic E-state index is 0.197. The van der Waals surface area contributed by atoms with Gasteiger partial charge in [0, 0.05) is 11.4 Å². The number of rotatable bonds is 5. The molecule has 108 valence electrons. The first-order valence-corrected chi connectivity index (χ1v) is 7.44. The Morgan fingerprint density at radius 2 is 2.29 bits per heavy atom. The van der Waals surface area contributed by atoms with Gasteiger partial charge in [-0.3, -0.25) is 4.79 Å². The fraction of sp³-hybridized carbons (Fsp3) is 0.200. The Labute approximate surface area is 125 Å². The van der Waals surface area contributed by atoms with Crippen LogP contribution in [0.4, 0.5) is 0 Å². The molecule has 1 amide bonds. The number of carbonyl (C=O) groups excluding carboxylic acids is 1. The molecule has 0 aliphatic rings. The van der Waals surface area contributed by atoms with Gasteiger partial charge in [0.15, 0.2) is 11.5 Å². The molecule has 0 saturated carbocycles. The van der Waals surface area contributed by atoms with E-state index in [2.05, 4.69) is 16.5 Å². The minimum Gasteiger partial charge on any atom is -0.463 e. The molecule has 0 spiro atoms. The lowest BCUT2D eigenvalue weighted by Gasteiger charge is -2.04. The van der Waals surface area contributed by atoms with Gasteiger partial charge in [-0.25, -0.2) is 0 Å². The number of thiophene rings is 1. The fourth-order valence-corrected chi connectivity index (χ4v) is 2.77. The lowest BCUT2D eigenvalue weighted by molar-refractivity contribution is 0.0953. The van der Waals surface area contributed by atoms with Crippen molar-refractivity contribution in [1.29, 1.82) is 0 Å². The molecule has 0 aromatic carbocycles. The van der Waals surface area contributed by atoms with Crippen LogP contribution in [-0.4, -0.2) is 17.6 Å². The monoisotopic (exact) mass is 302 g/mol. The minimum atomic E-state index is -0.197. The van der Waals surface area contributed by atoms with E-state index in [1.165, 1.54) is 11.1 Å². The number of aromatic nitrogens is 1. The summed E-state index contributed by atoms with van der Waals surface area (Å²) >= 11 is 1.68. The first-order chi connectivity index (χ1) is 10.3. The molecule has 3 heterocycles. The van der Waals surface area contributed by atoms with Crippen molar-refractivity contribution in [2.75, 3.05) is 6.54 Å². The molecule has 21 heavy (non-hydrogen) atoms. The lowest BCUT2D eigenvalue weighted by Crippen LogP contribution is -2.26. The van der Waals surface area contributed by atoms with E-state index in [9.17, 15) is 4.79 Å². The van der Waals surface area contributed by atoms with Gasteiger partial charge >= 0.3 is 0 Å². The van der Waals surface area contributed by atoms with Crippen LogP contribution in [0.1, 0.15) is 21.0 Å². The molecule has 0 unspecified atom stereocenters. The van der Waals surface area contributed by atoms with Crippen molar-refractivity contribution in [2.24, 2.45) is 0 Å². The molecule has 6 heteroatoms. The highest BCUT2D eigenvalue weighted by Crippen LogP contribution is 2.25. The SMILES string of the molecule is Cc1onc(-c2ccco2)c1C(=O)NCCc1cccs1. The number of carbonyl (C=O) groups is 1. The van der Waals surface area contributed by atoms with E-state index in [1.54, 1.807) is 30.4 Å². The van der Waals surface area contributed by atoms with Crippen LogP contribution in [0.15, 0.2) is 44.8 Å². The second kappa shape index (κ2) is 5.97. The van der Waals surface area contributed by atoms with Gasteiger partial charge in [-0.2, -0.15) is 0 Å². The van der Waals surface area contributed by atoms with E-state index < -0.39 is 0 Å². The number of nitrogens with one attached hydrogen (secondary N) is 1. The average molecular weight is 302 g/mol. The lowest BCUT2D eigenvalue weighted by atomic mass is 10.1. The van der Waals surface area contributed by atoms with Gasteiger partial charge in [0.05, 0.1) is 6.26 Å². The Kier molecular flexibility index (Phi) is 3.87. The third-order valence-corrected chi connectivity index (χ3v) is 4.02. The molecule has 5 nitrogen and oxygen atoms in total. The third kappa shape index (κ3) is 2.90. The molecule has 0 radical (unpaired) electrons. The van der Waals surface area contributed by atoms with Crippen LogP contribution in [0.25, 0.3) is 11.5 Å². The summed E-state index contributed by atoms with van der Waals surface area (Å²) in [4.78, 5) is 13.6. The summed E-state index contributed by atoms with van der Waals surface area (Å²) in [7, 11) is 0. The zero-order valence-electron chi connectivity index (χ0n) is 11.5. The maximum absolute atomic E-state index is 12.3. The van der Waals surface area contributed by atoms with Crippen LogP contribution < -0.4 is 5.32 Å². The van der Waals surface area contributed by atoms with Crippen molar-refractivity contribution in [3.05, 3.63) is 52.1 Å². The number of nitrogens with zero attached hydrogens (tertiary/aromatic N) is 1. The molecule has 0 saturated heterocycles. The molecule has 0 bridgehead atoms. The highest BCUT2D eigenvalue weighted by atomic mass is 32.1. The molecule has 1 N–H and O–H groups in total. The summed E-state index contributed by atoms with van der Waals surface area (Å²) in [6, 6.07) is 7.55. The summed E-state index contributed by atoms with van der Waals surface area (Å²) < 4.78 is 10.4.